The Hall–Kier alpha value is -2.01. The molecule has 21 heavy (non-hydrogen) atoms. The summed E-state index contributed by atoms with van der Waals surface area (Å²) in [5.41, 5.74) is 2.49. The molecule has 0 radical (unpaired) electrons. The topological polar surface area (TPSA) is 41.1 Å². The zero-order valence-electron chi connectivity index (χ0n) is 12.3. The maximum atomic E-state index is 13.8. The van der Waals surface area contributed by atoms with Gasteiger partial charge in [0.25, 0.3) is 0 Å². The molecule has 4 nitrogen and oxygen atoms in total. The monoisotopic (exact) mass is 286 g/mol. The number of anilines is 2. The summed E-state index contributed by atoms with van der Waals surface area (Å²) in [6.07, 6.45) is 4.34. The molecular formula is C16H19FN4. The van der Waals surface area contributed by atoms with Crippen LogP contribution in [0.4, 0.5) is 16.0 Å². The second-order valence-electron chi connectivity index (χ2n) is 5.45. The van der Waals surface area contributed by atoms with Gasteiger partial charge in [0.05, 0.1) is 5.69 Å². The van der Waals surface area contributed by atoms with Gasteiger partial charge in [-0.1, -0.05) is 12.1 Å². The van der Waals surface area contributed by atoms with E-state index in [9.17, 15) is 4.39 Å². The molecule has 2 aromatic rings. The van der Waals surface area contributed by atoms with Crippen LogP contribution >= 0.6 is 0 Å². The average Bonchev–Trinajstić information content (AvgIpc) is 3.30. The first-order chi connectivity index (χ1) is 10.1. The molecule has 0 atom stereocenters. The Kier molecular flexibility index (Phi) is 3.84. The van der Waals surface area contributed by atoms with Crippen molar-refractivity contribution < 1.29 is 4.39 Å². The second kappa shape index (κ2) is 5.77. The predicted octanol–water partition coefficient (Wildman–Crippen LogP) is 2.94. The van der Waals surface area contributed by atoms with Crippen LogP contribution in [0.2, 0.25) is 0 Å². The Bertz CT molecular complexity index is 640. The molecule has 1 N–H and O–H groups in total. The lowest BCUT2D eigenvalue weighted by Gasteiger charge is -2.18. The molecule has 0 spiro atoms. The Labute approximate surface area is 124 Å². The summed E-state index contributed by atoms with van der Waals surface area (Å²) in [5, 5.41) is 3.45. The molecule has 110 valence electrons. The van der Waals surface area contributed by atoms with Crippen LogP contribution in [0.15, 0.2) is 30.5 Å². The molecule has 3 rings (SSSR count). The van der Waals surface area contributed by atoms with E-state index in [2.05, 4.69) is 15.3 Å². The van der Waals surface area contributed by atoms with Crippen molar-refractivity contribution in [1.29, 1.82) is 0 Å². The molecule has 0 bridgehead atoms. The SMILES string of the molecule is Cc1nc(N(C)c2ccccc2F)ncc1CNC1CC1. The first-order valence-electron chi connectivity index (χ1n) is 7.19. The van der Waals surface area contributed by atoms with E-state index in [4.69, 9.17) is 0 Å². The fraction of sp³-hybridized carbons (Fsp3) is 0.375. The molecule has 1 aliphatic rings. The number of aryl methyl sites for hydroxylation is 1. The summed E-state index contributed by atoms with van der Waals surface area (Å²) in [4.78, 5) is 10.5. The maximum Gasteiger partial charge on any atom is 0.229 e. The Morgan fingerprint density at radius 1 is 1.33 bits per heavy atom. The van der Waals surface area contributed by atoms with Gasteiger partial charge in [0.1, 0.15) is 5.82 Å². The minimum absolute atomic E-state index is 0.277. The smallest absolute Gasteiger partial charge is 0.229 e. The third kappa shape index (κ3) is 3.19. The van der Waals surface area contributed by atoms with E-state index in [1.165, 1.54) is 18.9 Å². The van der Waals surface area contributed by atoms with Gasteiger partial charge >= 0.3 is 0 Å². The number of rotatable bonds is 5. The highest BCUT2D eigenvalue weighted by Crippen LogP contribution is 2.24. The minimum Gasteiger partial charge on any atom is -0.311 e. The molecule has 0 saturated heterocycles. The van der Waals surface area contributed by atoms with Crippen molar-refractivity contribution in [2.75, 3.05) is 11.9 Å². The standard InChI is InChI=1S/C16H19FN4/c1-11-12(9-18-13-7-8-13)10-19-16(20-11)21(2)15-6-4-3-5-14(15)17/h3-6,10,13,18H,7-9H2,1-2H3. The number of benzene rings is 1. The van der Waals surface area contributed by atoms with E-state index in [0.29, 0.717) is 17.7 Å². The summed E-state index contributed by atoms with van der Waals surface area (Å²) < 4.78 is 13.8. The van der Waals surface area contributed by atoms with E-state index in [1.807, 2.05) is 13.1 Å². The molecule has 1 saturated carbocycles. The molecule has 1 aromatic carbocycles. The molecule has 0 aliphatic heterocycles. The summed E-state index contributed by atoms with van der Waals surface area (Å²) in [7, 11) is 1.77. The van der Waals surface area contributed by atoms with Gasteiger partial charge in [-0.2, -0.15) is 0 Å². The third-order valence-electron chi connectivity index (χ3n) is 3.74. The quantitative estimate of drug-likeness (QED) is 0.917. The first-order valence-corrected chi connectivity index (χ1v) is 7.19. The van der Waals surface area contributed by atoms with Crippen molar-refractivity contribution in [3.63, 3.8) is 0 Å². The Morgan fingerprint density at radius 3 is 2.76 bits per heavy atom. The van der Waals surface area contributed by atoms with Crippen LogP contribution in [0.1, 0.15) is 24.1 Å². The van der Waals surface area contributed by atoms with Crippen LogP contribution < -0.4 is 10.2 Å². The van der Waals surface area contributed by atoms with Gasteiger partial charge < -0.3 is 10.2 Å². The van der Waals surface area contributed by atoms with Crippen LogP contribution in [0, 0.1) is 12.7 Å². The largest absolute Gasteiger partial charge is 0.311 e. The van der Waals surface area contributed by atoms with Gasteiger partial charge in [0, 0.05) is 37.1 Å². The lowest BCUT2D eigenvalue weighted by atomic mass is 10.2. The van der Waals surface area contributed by atoms with Crippen LogP contribution in [-0.4, -0.2) is 23.1 Å². The van der Waals surface area contributed by atoms with Crippen molar-refractivity contribution in [1.82, 2.24) is 15.3 Å². The third-order valence-corrected chi connectivity index (χ3v) is 3.74. The van der Waals surface area contributed by atoms with E-state index < -0.39 is 0 Å². The molecule has 0 unspecified atom stereocenters. The maximum absolute atomic E-state index is 13.8. The molecule has 0 amide bonds. The molecule has 1 heterocycles. The van der Waals surface area contributed by atoms with Gasteiger partial charge in [-0.25, -0.2) is 14.4 Å². The second-order valence-corrected chi connectivity index (χ2v) is 5.45. The van der Waals surface area contributed by atoms with Crippen LogP contribution in [0.3, 0.4) is 0 Å². The highest BCUT2D eigenvalue weighted by molar-refractivity contribution is 5.57. The summed E-state index contributed by atoms with van der Waals surface area (Å²) in [6.45, 7) is 2.75. The fourth-order valence-corrected chi connectivity index (χ4v) is 2.19. The van der Waals surface area contributed by atoms with Crippen LogP contribution in [0.25, 0.3) is 0 Å². The Morgan fingerprint density at radius 2 is 2.10 bits per heavy atom. The molecule has 1 aromatic heterocycles. The van der Waals surface area contributed by atoms with E-state index >= 15 is 0 Å². The number of aromatic nitrogens is 2. The van der Waals surface area contributed by atoms with Crippen molar-refractivity contribution >= 4 is 11.6 Å². The number of hydrogen-bond acceptors (Lipinski definition) is 4. The summed E-state index contributed by atoms with van der Waals surface area (Å²) in [5.74, 6) is 0.230. The number of para-hydroxylation sites is 1. The van der Waals surface area contributed by atoms with Gasteiger partial charge in [0.2, 0.25) is 5.95 Å². The van der Waals surface area contributed by atoms with Gasteiger partial charge in [-0.15, -0.1) is 0 Å². The number of nitrogens with zero attached hydrogens (tertiary/aromatic N) is 3. The van der Waals surface area contributed by atoms with E-state index in [0.717, 1.165) is 17.8 Å². The predicted molar refractivity (Wildman–Crippen MR) is 81.1 cm³/mol. The average molecular weight is 286 g/mol. The van der Waals surface area contributed by atoms with Crippen molar-refractivity contribution in [3.8, 4) is 0 Å². The molecule has 5 heteroatoms. The first kappa shape index (κ1) is 13.9. The van der Waals surface area contributed by atoms with Gasteiger partial charge in [-0.3, -0.25) is 0 Å². The minimum atomic E-state index is -0.277. The molecule has 1 aliphatic carbocycles. The lowest BCUT2D eigenvalue weighted by molar-refractivity contribution is 0.626. The number of nitrogens with one attached hydrogen (secondary N) is 1. The zero-order chi connectivity index (χ0) is 14.8. The lowest BCUT2D eigenvalue weighted by Crippen LogP contribution is -2.19. The van der Waals surface area contributed by atoms with Crippen LogP contribution in [0.5, 0.6) is 0 Å². The number of hydrogen-bond donors (Lipinski definition) is 1. The van der Waals surface area contributed by atoms with Crippen molar-refractivity contribution in [3.05, 3.63) is 47.5 Å². The van der Waals surface area contributed by atoms with Gasteiger partial charge in [0.15, 0.2) is 0 Å². The Balaban J connectivity index is 1.78. The van der Waals surface area contributed by atoms with Crippen LogP contribution in [-0.2, 0) is 6.54 Å². The zero-order valence-corrected chi connectivity index (χ0v) is 12.3. The highest BCUT2D eigenvalue weighted by Gasteiger charge is 2.20. The highest BCUT2D eigenvalue weighted by atomic mass is 19.1. The molecular weight excluding hydrogens is 267 g/mol. The fourth-order valence-electron chi connectivity index (χ4n) is 2.19. The van der Waals surface area contributed by atoms with Crippen molar-refractivity contribution in [2.24, 2.45) is 0 Å². The summed E-state index contributed by atoms with van der Waals surface area (Å²) >= 11 is 0. The normalized spacial score (nSPS) is 14.2. The molecule has 1 fully saturated rings. The summed E-state index contributed by atoms with van der Waals surface area (Å²) in [6, 6.07) is 7.29. The van der Waals surface area contributed by atoms with Gasteiger partial charge in [-0.05, 0) is 31.9 Å². The van der Waals surface area contributed by atoms with E-state index in [-0.39, 0.29) is 5.82 Å². The number of halogens is 1. The van der Waals surface area contributed by atoms with Crippen molar-refractivity contribution in [2.45, 2.75) is 32.4 Å². The van der Waals surface area contributed by atoms with E-state index in [1.54, 1.807) is 30.1 Å².